The highest BCUT2D eigenvalue weighted by atomic mass is 16.5. The first-order valence-electron chi connectivity index (χ1n) is 9.73. The molecular formula is C21H31N3O2. The van der Waals surface area contributed by atoms with Gasteiger partial charge < -0.3 is 18.9 Å². The first kappa shape index (κ1) is 18.8. The van der Waals surface area contributed by atoms with Crippen LogP contribution in [0.15, 0.2) is 30.6 Å². The fourth-order valence-corrected chi connectivity index (χ4v) is 3.56. The van der Waals surface area contributed by atoms with E-state index >= 15 is 0 Å². The van der Waals surface area contributed by atoms with Gasteiger partial charge in [-0.1, -0.05) is 12.8 Å². The SMILES string of the molecule is CCOc1cc(-c2nccn2CC2CCCC2)ccc1OCCN(C)C. The summed E-state index contributed by atoms with van der Waals surface area (Å²) >= 11 is 0. The van der Waals surface area contributed by atoms with Gasteiger partial charge >= 0.3 is 0 Å². The molecule has 0 N–H and O–H groups in total. The minimum Gasteiger partial charge on any atom is -0.490 e. The van der Waals surface area contributed by atoms with E-state index in [0.29, 0.717) is 13.2 Å². The molecule has 0 atom stereocenters. The molecule has 1 aliphatic carbocycles. The summed E-state index contributed by atoms with van der Waals surface area (Å²) in [5.41, 5.74) is 1.08. The Bertz CT molecular complexity index is 690. The van der Waals surface area contributed by atoms with Crippen molar-refractivity contribution in [3.63, 3.8) is 0 Å². The third-order valence-electron chi connectivity index (χ3n) is 4.94. The van der Waals surface area contributed by atoms with Crippen molar-refractivity contribution >= 4 is 0 Å². The van der Waals surface area contributed by atoms with Crippen LogP contribution in [0.25, 0.3) is 11.4 Å². The largest absolute Gasteiger partial charge is 0.490 e. The van der Waals surface area contributed by atoms with Gasteiger partial charge in [-0.15, -0.1) is 0 Å². The normalized spacial score (nSPS) is 14.9. The lowest BCUT2D eigenvalue weighted by Crippen LogP contribution is -2.19. The summed E-state index contributed by atoms with van der Waals surface area (Å²) in [4.78, 5) is 6.71. The molecular weight excluding hydrogens is 326 g/mol. The Morgan fingerprint density at radius 3 is 2.69 bits per heavy atom. The van der Waals surface area contributed by atoms with Crippen LogP contribution in [0.5, 0.6) is 11.5 Å². The first-order valence-corrected chi connectivity index (χ1v) is 9.73. The quantitative estimate of drug-likeness (QED) is 0.678. The van der Waals surface area contributed by atoms with Gasteiger partial charge in [-0.05, 0) is 58.0 Å². The number of rotatable bonds is 9. The fraction of sp³-hybridized carbons (Fsp3) is 0.571. The molecule has 1 aromatic heterocycles. The number of likely N-dealkylation sites (N-methyl/N-ethyl adjacent to an activating group) is 1. The molecule has 0 saturated heterocycles. The molecule has 2 aromatic rings. The lowest BCUT2D eigenvalue weighted by atomic mass is 10.1. The highest BCUT2D eigenvalue weighted by Crippen LogP contribution is 2.33. The van der Waals surface area contributed by atoms with Gasteiger partial charge in [0.05, 0.1) is 6.61 Å². The Kier molecular flexibility index (Phi) is 6.56. The molecule has 5 heteroatoms. The smallest absolute Gasteiger partial charge is 0.161 e. The summed E-state index contributed by atoms with van der Waals surface area (Å²) < 4.78 is 14.0. The average molecular weight is 357 g/mol. The minimum absolute atomic E-state index is 0.615. The van der Waals surface area contributed by atoms with Crippen molar-refractivity contribution < 1.29 is 9.47 Å². The molecule has 1 aromatic carbocycles. The molecule has 0 unspecified atom stereocenters. The van der Waals surface area contributed by atoms with Crippen molar-refractivity contribution in [2.24, 2.45) is 5.92 Å². The van der Waals surface area contributed by atoms with E-state index in [1.165, 1.54) is 25.7 Å². The maximum Gasteiger partial charge on any atom is 0.161 e. The predicted octanol–water partition coefficient (Wildman–Crippen LogP) is 4.08. The molecule has 0 radical (unpaired) electrons. The Morgan fingerprint density at radius 1 is 1.15 bits per heavy atom. The van der Waals surface area contributed by atoms with E-state index in [0.717, 1.165) is 41.9 Å². The molecule has 0 amide bonds. The van der Waals surface area contributed by atoms with Crippen molar-refractivity contribution in [2.75, 3.05) is 33.9 Å². The molecule has 1 aliphatic rings. The zero-order chi connectivity index (χ0) is 18.4. The van der Waals surface area contributed by atoms with Crippen LogP contribution in [-0.2, 0) is 6.54 Å². The molecule has 0 aliphatic heterocycles. The van der Waals surface area contributed by atoms with Crippen LogP contribution in [0.1, 0.15) is 32.6 Å². The summed E-state index contributed by atoms with van der Waals surface area (Å²) in [5.74, 6) is 3.38. The molecule has 26 heavy (non-hydrogen) atoms. The van der Waals surface area contributed by atoms with E-state index in [2.05, 4.69) is 32.8 Å². The molecule has 5 nitrogen and oxygen atoms in total. The van der Waals surface area contributed by atoms with E-state index in [4.69, 9.17) is 9.47 Å². The maximum absolute atomic E-state index is 5.92. The Balaban J connectivity index is 1.77. The summed E-state index contributed by atoms with van der Waals surface area (Å²) in [6.07, 6.45) is 9.38. The van der Waals surface area contributed by atoms with Gasteiger partial charge in [-0.3, -0.25) is 0 Å². The molecule has 0 spiro atoms. The number of hydrogen-bond acceptors (Lipinski definition) is 4. The van der Waals surface area contributed by atoms with Crippen molar-refractivity contribution in [1.82, 2.24) is 14.5 Å². The number of hydrogen-bond donors (Lipinski definition) is 0. The molecule has 142 valence electrons. The summed E-state index contributed by atoms with van der Waals surface area (Å²) in [6.45, 7) is 5.18. The van der Waals surface area contributed by atoms with E-state index < -0.39 is 0 Å². The first-order chi connectivity index (χ1) is 12.7. The number of nitrogens with zero attached hydrogens (tertiary/aromatic N) is 3. The highest BCUT2D eigenvalue weighted by Gasteiger charge is 2.18. The van der Waals surface area contributed by atoms with Crippen LogP contribution < -0.4 is 9.47 Å². The van der Waals surface area contributed by atoms with Crippen LogP contribution >= 0.6 is 0 Å². The van der Waals surface area contributed by atoms with Gasteiger partial charge in [0.1, 0.15) is 12.4 Å². The van der Waals surface area contributed by atoms with Crippen LogP contribution in [0.4, 0.5) is 0 Å². The second kappa shape index (κ2) is 9.08. The van der Waals surface area contributed by atoms with Gasteiger partial charge in [0.2, 0.25) is 0 Å². The zero-order valence-corrected chi connectivity index (χ0v) is 16.3. The Labute approximate surface area is 156 Å². The van der Waals surface area contributed by atoms with E-state index in [9.17, 15) is 0 Å². The van der Waals surface area contributed by atoms with Crippen LogP contribution in [-0.4, -0.2) is 48.3 Å². The molecule has 1 fully saturated rings. The maximum atomic E-state index is 5.92. The van der Waals surface area contributed by atoms with Gasteiger partial charge in [-0.25, -0.2) is 4.98 Å². The third kappa shape index (κ3) is 4.79. The Hall–Kier alpha value is -2.01. The second-order valence-electron chi connectivity index (χ2n) is 7.30. The van der Waals surface area contributed by atoms with Gasteiger partial charge in [0, 0.05) is 31.0 Å². The number of benzene rings is 1. The van der Waals surface area contributed by atoms with E-state index in [1.54, 1.807) is 0 Å². The molecule has 1 saturated carbocycles. The standard InChI is InChI=1S/C21H31N3O2/c1-4-25-20-15-18(9-10-19(20)26-14-13-23(2)3)21-22-11-12-24(21)16-17-7-5-6-8-17/h9-12,15,17H,4-8,13-14,16H2,1-3H3. The third-order valence-corrected chi connectivity index (χ3v) is 4.94. The van der Waals surface area contributed by atoms with Crippen molar-refractivity contribution in [2.45, 2.75) is 39.2 Å². The zero-order valence-electron chi connectivity index (χ0n) is 16.3. The van der Waals surface area contributed by atoms with Gasteiger partial charge in [0.15, 0.2) is 11.5 Å². The highest BCUT2D eigenvalue weighted by molar-refractivity contribution is 5.61. The number of aromatic nitrogens is 2. The van der Waals surface area contributed by atoms with Crippen LogP contribution in [0.3, 0.4) is 0 Å². The monoisotopic (exact) mass is 357 g/mol. The van der Waals surface area contributed by atoms with E-state index in [1.807, 2.05) is 33.3 Å². The lowest BCUT2D eigenvalue weighted by Gasteiger charge is -2.16. The predicted molar refractivity (Wildman–Crippen MR) is 105 cm³/mol. The second-order valence-corrected chi connectivity index (χ2v) is 7.30. The van der Waals surface area contributed by atoms with Crippen LogP contribution in [0, 0.1) is 5.92 Å². The van der Waals surface area contributed by atoms with Crippen molar-refractivity contribution in [1.29, 1.82) is 0 Å². The van der Waals surface area contributed by atoms with Crippen molar-refractivity contribution in [3.8, 4) is 22.9 Å². The Morgan fingerprint density at radius 2 is 1.96 bits per heavy atom. The number of imidazole rings is 1. The topological polar surface area (TPSA) is 39.5 Å². The summed E-state index contributed by atoms with van der Waals surface area (Å²) in [6, 6.07) is 6.15. The van der Waals surface area contributed by atoms with Crippen molar-refractivity contribution in [3.05, 3.63) is 30.6 Å². The fourth-order valence-electron chi connectivity index (χ4n) is 3.56. The minimum atomic E-state index is 0.615. The number of ether oxygens (including phenoxy) is 2. The summed E-state index contributed by atoms with van der Waals surface area (Å²) in [5, 5.41) is 0. The molecule has 1 heterocycles. The van der Waals surface area contributed by atoms with E-state index in [-0.39, 0.29) is 0 Å². The lowest BCUT2D eigenvalue weighted by molar-refractivity contribution is 0.244. The molecule has 0 bridgehead atoms. The molecule has 3 rings (SSSR count). The van der Waals surface area contributed by atoms with Gasteiger partial charge in [0.25, 0.3) is 0 Å². The summed E-state index contributed by atoms with van der Waals surface area (Å²) in [7, 11) is 4.08. The van der Waals surface area contributed by atoms with Crippen LogP contribution in [0.2, 0.25) is 0 Å². The average Bonchev–Trinajstić information content (AvgIpc) is 3.28. The van der Waals surface area contributed by atoms with Gasteiger partial charge in [-0.2, -0.15) is 0 Å².